The van der Waals surface area contributed by atoms with E-state index in [1.807, 2.05) is 4.57 Å². The van der Waals surface area contributed by atoms with E-state index in [0.29, 0.717) is 41.7 Å². The highest BCUT2D eigenvalue weighted by molar-refractivity contribution is 5.82. The molecule has 9 heteroatoms. The number of imidazole rings is 1. The summed E-state index contributed by atoms with van der Waals surface area (Å²) in [4.78, 5) is 18.6. The monoisotopic (exact) mass is 415 g/mol. The molecule has 30 heavy (non-hydrogen) atoms. The Morgan fingerprint density at radius 3 is 2.50 bits per heavy atom. The standard InChI is InChI=1S/C21H20F3N5O/c1-12(25)21(30)28-8-9-29-18(11-28)27-19(13-2-4-14(22)5-3-13)20(29)26-15-6-7-16(23)17(24)10-15/h2-7,10,12,26H,8-9,11,25H2,1H3/t12-/m0/s1. The molecule has 6 nitrogen and oxygen atoms in total. The number of halogens is 3. The molecule has 0 aliphatic carbocycles. The second-order valence-corrected chi connectivity index (χ2v) is 7.19. The molecule has 1 aliphatic heterocycles. The maximum atomic E-state index is 13.7. The first-order valence-electron chi connectivity index (χ1n) is 9.45. The maximum Gasteiger partial charge on any atom is 0.239 e. The number of aromatic nitrogens is 2. The fraction of sp³-hybridized carbons (Fsp3) is 0.238. The zero-order valence-electron chi connectivity index (χ0n) is 16.2. The highest BCUT2D eigenvalue weighted by Crippen LogP contribution is 2.33. The summed E-state index contributed by atoms with van der Waals surface area (Å²) in [5.74, 6) is -1.32. The maximum absolute atomic E-state index is 13.7. The number of rotatable bonds is 4. The van der Waals surface area contributed by atoms with E-state index >= 15 is 0 Å². The molecule has 3 aromatic rings. The van der Waals surface area contributed by atoms with Gasteiger partial charge in [-0.2, -0.15) is 0 Å². The van der Waals surface area contributed by atoms with Crippen LogP contribution in [0.5, 0.6) is 0 Å². The van der Waals surface area contributed by atoms with Crippen LogP contribution >= 0.6 is 0 Å². The van der Waals surface area contributed by atoms with Crippen LogP contribution in [-0.2, 0) is 17.9 Å². The highest BCUT2D eigenvalue weighted by Gasteiger charge is 2.28. The van der Waals surface area contributed by atoms with Crippen LogP contribution in [0.4, 0.5) is 24.7 Å². The van der Waals surface area contributed by atoms with Gasteiger partial charge in [0.2, 0.25) is 5.91 Å². The van der Waals surface area contributed by atoms with E-state index in [9.17, 15) is 18.0 Å². The predicted octanol–water partition coefficient (Wildman–Crippen LogP) is 3.40. The predicted molar refractivity (Wildman–Crippen MR) is 106 cm³/mol. The number of benzene rings is 2. The van der Waals surface area contributed by atoms with Gasteiger partial charge in [-0.05, 0) is 43.3 Å². The first kappa shape index (κ1) is 20.0. The van der Waals surface area contributed by atoms with E-state index in [2.05, 4.69) is 10.3 Å². The van der Waals surface area contributed by atoms with Crippen molar-refractivity contribution in [1.29, 1.82) is 0 Å². The van der Waals surface area contributed by atoms with Crippen LogP contribution in [0.1, 0.15) is 12.7 Å². The van der Waals surface area contributed by atoms with Gasteiger partial charge in [-0.1, -0.05) is 0 Å². The number of nitrogens with two attached hydrogens (primary N) is 1. The molecule has 156 valence electrons. The zero-order valence-corrected chi connectivity index (χ0v) is 16.2. The second-order valence-electron chi connectivity index (χ2n) is 7.19. The number of fused-ring (bicyclic) bond motifs is 1. The van der Waals surface area contributed by atoms with Crippen molar-refractivity contribution >= 4 is 17.4 Å². The third kappa shape index (κ3) is 3.76. The lowest BCUT2D eigenvalue weighted by Crippen LogP contribution is -2.45. The molecule has 0 radical (unpaired) electrons. The average Bonchev–Trinajstić information content (AvgIpc) is 3.08. The first-order valence-corrected chi connectivity index (χ1v) is 9.45. The molecule has 1 atom stereocenters. The number of amides is 1. The molecule has 4 rings (SSSR count). The van der Waals surface area contributed by atoms with Crippen LogP contribution in [-0.4, -0.2) is 32.9 Å². The number of nitrogens with one attached hydrogen (secondary N) is 1. The van der Waals surface area contributed by atoms with E-state index in [4.69, 9.17) is 5.73 Å². The second kappa shape index (κ2) is 7.83. The highest BCUT2D eigenvalue weighted by atomic mass is 19.2. The van der Waals surface area contributed by atoms with Gasteiger partial charge in [0.05, 0.1) is 12.6 Å². The quantitative estimate of drug-likeness (QED) is 0.685. The molecule has 1 aromatic heterocycles. The molecule has 0 bridgehead atoms. The van der Waals surface area contributed by atoms with E-state index in [0.717, 1.165) is 12.1 Å². The van der Waals surface area contributed by atoms with Crippen molar-refractivity contribution in [3.8, 4) is 11.3 Å². The summed E-state index contributed by atoms with van der Waals surface area (Å²) in [5.41, 5.74) is 7.23. The summed E-state index contributed by atoms with van der Waals surface area (Å²) in [7, 11) is 0. The summed E-state index contributed by atoms with van der Waals surface area (Å²) in [6, 6.07) is 8.70. The number of hydrogen-bond acceptors (Lipinski definition) is 4. The number of anilines is 2. The lowest BCUT2D eigenvalue weighted by Gasteiger charge is -2.29. The number of carbonyl (C=O) groups is 1. The molecule has 0 unspecified atom stereocenters. The van der Waals surface area contributed by atoms with Crippen LogP contribution in [0, 0.1) is 17.5 Å². The van der Waals surface area contributed by atoms with Crippen molar-refractivity contribution in [2.45, 2.75) is 26.1 Å². The van der Waals surface area contributed by atoms with Crippen LogP contribution in [0.2, 0.25) is 0 Å². The Balaban J connectivity index is 1.76. The number of carbonyl (C=O) groups excluding carboxylic acids is 1. The Morgan fingerprint density at radius 2 is 1.83 bits per heavy atom. The molecule has 0 saturated heterocycles. The van der Waals surface area contributed by atoms with E-state index in [-0.39, 0.29) is 18.3 Å². The van der Waals surface area contributed by atoms with E-state index in [1.54, 1.807) is 24.0 Å². The molecule has 1 amide bonds. The third-order valence-electron chi connectivity index (χ3n) is 4.97. The minimum Gasteiger partial charge on any atom is -0.340 e. The van der Waals surface area contributed by atoms with Gasteiger partial charge >= 0.3 is 0 Å². The fourth-order valence-electron chi connectivity index (χ4n) is 3.45. The molecular formula is C21H20F3N5O. The Labute approximate surface area is 171 Å². The summed E-state index contributed by atoms with van der Waals surface area (Å²) in [6.45, 7) is 2.75. The molecule has 0 fully saturated rings. The molecule has 0 spiro atoms. The van der Waals surface area contributed by atoms with Crippen LogP contribution < -0.4 is 11.1 Å². The molecule has 3 N–H and O–H groups in total. The topological polar surface area (TPSA) is 76.2 Å². The number of hydrogen-bond donors (Lipinski definition) is 2. The SMILES string of the molecule is C[C@H](N)C(=O)N1CCn2c(nc(-c3ccc(F)cc3)c2Nc2ccc(F)c(F)c2)C1. The van der Waals surface area contributed by atoms with Crippen LogP contribution in [0.25, 0.3) is 11.3 Å². The van der Waals surface area contributed by atoms with Crippen molar-refractivity contribution in [3.05, 3.63) is 65.7 Å². The zero-order chi connectivity index (χ0) is 21.4. The van der Waals surface area contributed by atoms with Crippen molar-refractivity contribution < 1.29 is 18.0 Å². The van der Waals surface area contributed by atoms with E-state index in [1.165, 1.54) is 18.2 Å². The summed E-state index contributed by atoms with van der Waals surface area (Å²) in [6.07, 6.45) is 0. The van der Waals surface area contributed by atoms with E-state index < -0.39 is 17.7 Å². The average molecular weight is 415 g/mol. The Hall–Kier alpha value is -3.33. The van der Waals surface area contributed by atoms with Gasteiger partial charge in [-0.25, -0.2) is 18.2 Å². The van der Waals surface area contributed by atoms with Crippen molar-refractivity contribution in [3.63, 3.8) is 0 Å². The summed E-state index contributed by atoms with van der Waals surface area (Å²) < 4.78 is 42.3. The minimum atomic E-state index is -0.976. The Morgan fingerprint density at radius 1 is 1.10 bits per heavy atom. The Bertz CT molecular complexity index is 1090. The molecule has 0 saturated carbocycles. The van der Waals surface area contributed by atoms with Crippen LogP contribution in [0.15, 0.2) is 42.5 Å². The minimum absolute atomic E-state index is 0.178. The van der Waals surface area contributed by atoms with Crippen molar-refractivity contribution in [2.75, 3.05) is 11.9 Å². The van der Waals surface area contributed by atoms with Gasteiger partial charge in [-0.3, -0.25) is 4.79 Å². The van der Waals surface area contributed by atoms with Gasteiger partial charge in [0, 0.05) is 30.4 Å². The molecule has 1 aliphatic rings. The van der Waals surface area contributed by atoms with Gasteiger partial charge in [0.1, 0.15) is 23.2 Å². The third-order valence-corrected chi connectivity index (χ3v) is 4.97. The van der Waals surface area contributed by atoms with Gasteiger partial charge in [0.25, 0.3) is 0 Å². The van der Waals surface area contributed by atoms with Gasteiger partial charge in [-0.15, -0.1) is 0 Å². The van der Waals surface area contributed by atoms with Crippen molar-refractivity contribution in [2.24, 2.45) is 5.73 Å². The lowest BCUT2D eigenvalue weighted by molar-refractivity contribution is -0.133. The molecule has 2 heterocycles. The Kier molecular flexibility index (Phi) is 5.21. The summed E-state index contributed by atoms with van der Waals surface area (Å²) in [5, 5.41) is 3.10. The fourth-order valence-corrected chi connectivity index (χ4v) is 3.45. The van der Waals surface area contributed by atoms with Gasteiger partial charge in [0.15, 0.2) is 11.6 Å². The number of nitrogens with zero attached hydrogens (tertiary/aromatic N) is 3. The first-order chi connectivity index (χ1) is 14.3. The van der Waals surface area contributed by atoms with Crippen molar-refractivity contribution in [1.82, 2.24) is 14.5 Å². The smallest absolute Gasteiger partial charge is 0.239 e. The normalized spacial score (nSPS) is 14.4. The molecular weight excluding hydrogens is 395 g/mol. The van der Waals surface area contributed by atoms with Crippen LogP contribution in [0.3, 0.4) is 0 Å². The summed E-state index contributed by atoms with van der Waals surface area (Å²) >= 11 is 0. The van der Waals surface area contributed by atoms with Gasteiger partial charge < -0.3 is 20.5 Å². The largest absolute Gasteiger partial charge is 0.340 e. The molecule has 2 aromatic carbocycles. The lowest BCUT2D eigenvalue weighted by atomic mass is 10.1.